The summed E-state index contributed by atoms with van der Waals surface area (Å²) in [6, 6.07) is 6.28. The average molecular weight is 540 g/mol. The molecule has 3 aliphatic heterocycles. The van der Waals surface area contributed by atoms with Crippen LogP contribution in [0.3, 0.4) is 0 Å². The molecule has 3 amide bonds. The molecule has 3 heterocycles. The molecule has 4 fully saturated rings. The van der Waals surface area contributed by atoms with E-state index in [-0.39, 0.29) is 29.8 Å². The first-order valence-corrected chi connectivity index (χ1v) is 14.7. The quantitative estimate of drug-likeness (QED) is 0.531. The maximum Gasteiger partial charge on any atom is 0.246 e. The van der Waals surface area contributed by atoms with Crippen LogP contribution >= 0.6 is 11.6 Å². The molecule has 8 atom stereocenters. The smallest absolute Gasteiger partial charge is 0.246 e. The third kappa shape index (κ3) is 4.17. The molecule has 2 N–H and O–H groups in total. The van der Waals surface area contributed by atoms with E-state index in [2.05, 4.69) is 24.5 Å². The summed E-state index contributed by atoms with van der Waals surface area (Å²) in [5.41, 5.74) is -0.545. The third-order valence-electron chi connectivity index (χ3n) is 9.96. The van der Waals surface area contributed by atoms with Crippen LogP contribution in [0.4, 0.5) is 5.69 Å². The van der Waals surface area contributed by atoms with E-state index in [1.807, 2.05) is 17.1 Å². The molecule has 2 saturated heterocycles. The normalized spacial score (nSPS) is 38.3. The molecule has 1 aromatic rings. The van der Waals surface area contributed by atoms with Gasteiger partial charge in [-0.2, -0.15) is 0 Å². The number of hydrogen-bond donors (Lipinski definition) is 2. The van der Waals surface area contributed by atoms with Gasteiger partial charge in [0.25, 0.3) is 0 Å². The van der Waals surface area contributed by atoms with Crippen LogP contribution in [0.2, 0.25) is 5.02 Å². The van der Waals surface area contributed by atoms with Gasteiger partial charge in [0, 0.05) is 22.8 Å². The molecule has 0 unspecified atom stereocenters. The molecule has 38 heavy (non-hydrogen) atoms. The van der Waals surface area contributed by atoms with E-state index in [4.69, 9.17) is 16.3 Å². The molecule has 0 radical (unpaired) electrons. The van der Waals surface area contributed by atoms with Crippen molar-refractivity contribution >= 4 is 35.0 Å². The van der Waals surface area contributed by atoms with E-state index in [1.54, 1.807) is 24.3 Å². The van der Waals surface area contributed by atoms with Crippen molar-refractivity contribution in [3.8, 4) is 0 Å². The van der Waals surface area contributed by atoms with Crippen molar-refractivity contribution in [3.63, 3.8) is 0 Å². The highest BCUT2D eigenvalue weighted by atomic mass is 35.5. The fourth-order valence-electron chi connectivity index (χ4n) is 7.80. The van der Waals surface area contributed by atoms with Crippen LogP contribution in [0.5, 0.6) is 0 Å². The predicted molar refractivity (Wildman–Crippen MR) is 145 cm³/mol. The monoisotopic (exact) mass is 539 g/mol. The number of nitrogens with one attached hydrogen (secondary N) is 2. The molecule has 2 bridgehead atoms. The van der Waals surface area contributed by atoms with Crippen molar-refractivity contribution in [2.24, 2.45) is 23.7 Å². The predicted octanol–water partition coefficient (Wildman–Crippen LogP) is 4.70. The van der Waals surface area contributed by atoms with Crippen molar-refractivity contribution in [2.45, 2.75) is 95.0 Å². The maximum atomic E-state index is 14.2. The Kier molecular flexibility index (Phi) is 6.79. The molecule has 1 spiro atoms. The van der Waals surface area contributed by atoms with Crippen molar-refractivity contribution in [1.82, 2.24) is 10.2 Å². The second-order valence-electron chi connectivity index (χ2n) is 12.1. The highest BCUT2D eigenvalue weighted by Crippen LogP contribution is 2.56. The summed E-state index contributed by atoms with van der Waals surface area (Å²) < 4.78 is 6.52. The van der Waals surface area contributed by atoms with Gasteiger partial charge in [-0.3, -0.25) is 14.4 Å². The summed E-state index contributed by atoms with van der Waals surface area (Å²) in [7, 11) is 0. The Morgan fingerprint density at radius 1 is 1.05 bits per heavy atom. The van der Waals surface area contributed by atoms with Gasteiger partial charge in [0.2, 0.25) is 17.7 Å². The Morgan fingerprint density at radius 2 is 1.84 bits per heavy atom. The summed E-state index contributed by atoms with van der Waals surface area (Å²) in [6.45, 7) is 4.46. The van der Waals surface area contributed by atoms with Crippen LogP contribution in [0, 0.1) is 23.7 Å². The number of rotatable bonds is 5. The van der Waals surface area contributed by atoms with Gasteiger partial charge in [0.1, 0.15) is 11.6 Å². The molecule has 5 aliphatic rings. The van der Waals surface area contributed by atoms with Crippen molar-refractivity contribution in [3.05, 3.63) is 41.4 Å². The van der Waals surface area contributed by atoms with Crippen LogP contribution in [0.25, 0.3) is 0 Å². The first-order valence-electron chi connectivity index (χ1n) is 14.4. The van der Waals surface area contributed by atoms with E-state index in [0.29, 0.717) is 22.5 Å². The Hall–Kier alpha value is -2.38. The SMILES string of the molecule is C[C@H]1[C@H](C)CCC[C@@H]1NC(=O)[C@@H]1N(C2CCCCC2)C(=O)[C@@H]2[C@H](C(=O)Nc3cccc(Cl)c3)[C@@H]3C=C[C@]21O3. The number of halogens is 1. The van der Waals surface area contributed by atoms with E-state index in [9.17, 15) is 14.4 Å². The zero-order valence-corrected chi connectivity index (χ0v) is 23.0. The summed E-state index contributed by atoms with van der Waals surface area (Å²) in [5.74, 6) is -1.06. The Balaban J connectivity index is 1.32. The lowest BCUT2D eigenvalue weighted by molar-refractivity contribution is -0.145. The minimum absolute atomic E-state index is 0.0117. The standard InChI is InChI=1S/C30H38ClN3O4/c1-17-8-6-13-22(18(17)2)33-28(36)26-30-15-14-23(38-30)24(27(35)32-20-10-7-9-19(31)16-20)25(30)29(37)34(26)21-11-4-3-5-12-21/h7,9-10,14-18,21-26H,3-6,8,11-13H2,1-2H3,(H,32,35)(H,33,36)/t17-,18+,22+,23+,24-,25+,26+,30+/m1/s1. The number of amides is 3. The molecular formula is C30H38ClN3O4. The molecule has 1 aromatic carbocycles. The minimum atomic E-state index is -1.12. The molecule has 8 heteroatoms. The second-order valence-corrected chi connectivity index (χ2v) is 12.6. The second kappa shape index (κ2) is 9.98. The van der Waals surface area contributed by atoms with Gasteiger partial charge in [-0.05, 0) is 49.3 Å². The zero-order valence-electron chi connectivity index (χ0n) is 22.2. The van der Waals surface area contributed by atoms with Crippen molar-refractivity contribution < 1.29 is 19.1 Å². The van der Waals surface area contributed by atoms with Crippen molar-refractivity contribution in [2.75, 3.05) is 5.32 Å². The van der Waals surface area contributed by atoms with Gasteiger partial charge in [-0.1, -0.05) is 75.8 Å². The zero-order chi connectivity index (χ0) is 26.6. The van der Waals surface area contributed by atoms with Crippen LogP contribution in [-0.2, 0) is 19.1 Å². The largest absolute Gasteiger partial charge is 0.359 e. The third-order valence-corrected chi connectivity index (χ3v) is 10.2. The fourth-order valence-corrected chi connectivity index (χ4v) is 7.99. The lowest BCUT2D eigenvalue weighted by atomic mass is 9.73. The minimum Gasteiger partial charge on any atom is -0.359 e. The highest BCUT2D eigenvalue weighted by Gasteiger charge is 2.73. The molecule has 6 rings (SSSR count). The number of fused-ring (bicyclic) bond motifs is 1. The Morgan fingerprint density at radius 3 is 2.61 bits per heavy atom. The molecule has 2 saturated carbocycles. The van der Waals surface area contributed by atoms with E-state index < -0.39 is 29.6 Å². The first-order chi connectivity index (χ1) is 18.3. The van der Waals surface area contributed by atoms with Crippen LogP contribution < -0.4 is 10.6 Å². The van der Waals surface area contributed by atoms with Gasteiger partial charge >= 0.3 is 0 Å². The van der Waals surface area contributed by atoms with Crippen LogP contribution in [-0.4, -0.2) is 52.5 Å². The highest BCUT2D eigenvalue weighted by molar-refractivity contribution is 6.30. The summed E-state index contributed by atoms with van der Waals surface area (Å²) in [5, 5.41) is 6.81. The molecule has 7 nitrogen and oxygen atoms in total. The van der Waals surface area contributed by atoms with Gasteiger partial charge in [0.05, 0.1) is 17.9 Å². The number of benzene rings is 1. The van der Waals surface area contributed by atoms with Gasteiger partial charge in [0.15, 0.2) is 0 Å². The molecule has 204 valence electrons. The number of likely N-dealkylation sites (tertiary alicyclic amines) is 1. The summed E-state index contributed by atoms with van der Waals surface area (Å²) in [6.07, 6.45) is 11.4. The van der Waals surface area contributed by atoms with E-state index in [0.717, 1.165) is 44.9 Å². The molecular weight excluding hydrogens is 502 g/mol. The maximum absolute atomic E-state index is 14.2. The molecule has 2 aliphatic carbocycles. The average Bonchev–Trinajstić information content (AvgIpc) is 3.54. The van der Waals surface area contributed by atoms with Crippen LogP contribution in [0.1, 0.15) is 65.2 Å². The molecule has 0 aromatic heterocycles. The fraction of sp³-hybridized carbons (Fsp3) is 0.633. The Bertz CT molecular complexity index is 1150. The Labute approximate surface area is 229 Å². The lowest BCUT2D eigenvalue weighted by Crippen LogP contribution is -2.59. The summed E-state index contributed by atoms with van der Waals surface area (Å²) >= 11 is 6.13. The van der Waals surface area contributed by atoms with E-state index >= 15 is 0 Å². The van der Waals surface area contributed by atoms with Gasteiger partial charge in [-0.25, -0.2) is 0 Å². The number of anilines is 1. The van der Waals surface area contributed by atoms with Gasteiger partial charge in [-0.15, -0.1) is 0 Å². The van der Waals surface area contributed by atoms with Crippen molar-refractivity contribution in [1.29, 1.82) is 0 Å². The van der Waals surface area contributed by atoms with Crippen LogP contribution in [0.15, 0.2) is 36.4 Å². The number of hydrogen-bond acceptors (Lipinski definition) is 4. The number of nitrogens with zero attached hydrogens (tertiary/aromatic N) is 1. The topological polar surface area (TPSA) is 87.7 Å². The number of carbonyl (C=O) groups is 3. The first kappa shape index (κ1) is 25.9. The summed E-state index contributed by atoms with van der Waals surface area (Å²) in [4.78, 5) is 43.8. The lowest BCUT2D eigenvalue weighted by Gasteiger charge is -2.40. The van der Waals surface area contributed by atoms with Gasteiger partial charge < -0.3 is 20.3 Å². The van der Waals surface area contributed by atoms with E-state index in [1.165, 1.54) is 6.42 Å². The number of ether oxygens (including phenoxy) is 1. The number of carbonyl (C=O) groups excluding carboxylic acids is 3.